The largest absolute Gasteiger partial charge is 0.417 e. The highest BCUT2D eigenvalue weighted by Gasteiger charge is 2.33. The zero-order chi connectivity index (χ0) is 17.6. The number of halogens is 4. The molecule has 0 aliphatic heterocycles. The number of aromatic nitrogens is 4. The third-order valence-corrected chi connectivity index (χ3v) is 4.00. The van der Waals surface area contributed by atoms with E-state index in [4.69, 9.17) is 11.6 Å². The van der Waals surface area contributed by atoms with Gasteiger partial charge in [0.15, 0.2) is 5.82 Å². The Morgan fingerprint density at radius 2 is 1.88 bits per heavy atom. The Balaban J connectivity index is 1.84. The molecule has 4 rings (SSSR count). The van der Waals surface area contributed by atoms with Gasteiger partial charge in [-0.05, 0) is 30.3 Å². The van der Waals surface area contributed by atoms with Crippen LogP contribution >= 0.6 is 11.6 Å². The van der Waals surface area contributed by atoms with Crippen LogP contribution < -0.4 is 5.32 Å². The SMILES string of the molecule is FC(F)(F)c1cc(Nc2nc3ccccc3n3cnnc23)ccc1Cl. The number of alkyl halides is 3. The van der Waals surface area contributed by atoms with Crippen molar-refractivity contribution in [2.24, 2.45) is 0 Å². The number of fused-ring (bicyclic) bond motifs is 3. The van der Waals surface area contributed by atoms with Gasteiger partial charge in [-0.25, -0.2) is 4.98 Å². The molecule has 2 aromatic carbocycles. The lowest BCUT2D eigenvalue weighted by molar-refractivity contribution is -0.137. The predicted molar refractivity (Wildman–Crippen MR) is 88.0 cm³/mol. The summed E-state index contributed by atoms with van der Waals surface area (Å²) in [5.41, 5.74) is 1.13. The highest BCUT2D eigenvalue weighted by atomic mass is 35.5. The normalized spacial score (nSPS) is 12.0. The summed E-state index contributed by atoms with van der Waals surface area (Å²) in [6.07, 6.45) is -3.02. The van der Waals surface area contributed by atoms with Gasteiger partial charge in [0.05, 0.1) is 21.6 Å². The molecule has 126 valence electrons. The second-order valence-corrected chi connectivity index (χ2v) is 5.70. The lowest BCUT2D eigenvalue weighted by Gasteiger charge is -2.13. The van der Waals surface area contributed by atoms with E-state index in [2.05, 4.69) is 20.5 Å². The minimum absolute atomic E-state index is 0.199. The fourth-order valence-corrected chi connectivity index (χ4v) is 2.77. The molecule has 0 fully saturated rings. The maximum atomic E-state index is 13.0. The second-order valence-electron chi connectivity index (χ2n) is 5.29. The van der Waals surface area contributed by atoms with Gasteiger partial charge in [-0.1, -0.05) is 23.7 Å². The standard InChI is InChI=1S/C16H9ClF3N5/c17-11-6-5-9(7-10(11)16(18,19)20)22-14-15-24-21-8-25(15)13-4-2-1-3-12(13)23-14/h1-8H,(H,22,23). The van der Waals surface area contributed by atoms with Crippen LogP contribution in [-0.4, -0.2) is 19.6 Å². The van der Waals surface area contributed by atoms with E-state index in [-0.39, 0.29) is 10.7 Å². The van der Waals surface area contributed by atoms with Crippen LogP contribution in [0.25, 0.3) is 16.7 Å². The van der Waals surface area contributed by atoms with Gasteiger partial charge >= 0.3 is 6.18 Å². The monoisotopic (exact) mass is 363 g/mol. The van der Waals surface area contributed by atoms with Crippen molar-refractivity contribution in [2.45, 2.75) is 6.18 Å². The number of hydrogen-bond donors (Lipinski definition) is 1. The number of para-hydroxylation sites is 2. The predicted octanol–water partition coefficient (Wildman–Crippen LogP) is 4.69. The van der Waals surface area contributed by atoms with Crippen molar-refractivity contribution in [2.75, 3.05) is 5.32 Å². The average Bonchev–Trinajstić information content (AvgIpc) is 3.06. The molecule has 2 heterocycles. The van der Waals surface area contributed by atoms with Gasteiger partial charge in [-0.2, -0.15) is 13.2 Å². The fourth-order valence-electron chi connectivity index (χ4n) is 2.55. The molecule has 0 aliphatic carbocycles. The van der Waals surface area contributed by atoms with Gasteiger partial charge in [0.1, 0.15) is 6.33 Å². The summed E-state index contributed by atoms with van der Waals surface area (Å²) >= 11 is 5.65. The van der Waals surface area contributed by atoms with E-state index >= 15 is 0 Å². The summed E-state index contributed by atoms with van der Waals surface area (Å²) < 4.78 is 40.8. The Morgan fingerprint density at radius 1 is 1.08 bits per heavy atom. The van der Waals surface area contributed by atoms with E-state index in [0.29, 0.717) is 17.0 Å². The quantitative estimate of drug-likeness (QED) is 0.561. The van der Waals surface area contributed by atoms with Crippen LogP contribution in [0.5, 0.6) is 0 Å². The third kappa shape index (κ3) is 2.74. The van der Waals surface area contributed by atoms with Crippen LogP contribution in [0.4, 0.5) is 24.7 Å². The first-order valence-corrected chi connectivity index (χ1v) is 7.53. The van der Waals surface area contributed by atoms with Crippen molar-refractivity contribution in [1.29, 1.82) is 0 Å². The molecule has 25 heavy (non-hydrogen) atoms. The molecule has 0 unspecified atom stereocenters. The Labute approximate surface area is 144 Å². The zero-order valence-corrected chi connectivity index (χ0v) is 13.2. The smallest absolute Gasteiger partial charge is 0.337 e. The van der Waals surface area contributed by atoms with Crippen LogP contribution in [0.2, 0.25) is 5.02 Å². The molecule has 0 saturated heterocycles. The molecule has 5 nitrogen and oxygen atoms in total. The van der Waals surface area contributed by atoms with Crippen molar-refractivity contribution < 1.29 is 13.2 Å². The lowest BCUT2D eigenvalue weighted by atomic mass is 10.2. The topological polar surface area (TPSA) is 55.1 Å². The first-order valence-electron chi connectivity index (χ1n) is 7.16. The summed E-state index contributed by atoms with van der Waals surface area (Å²) in [5, 5.41) is 10.4. The van der Waals surface area contributed by atoms with E-state index in [9.17, 15) is 13.2 Å². The Kier molecular flexibility index (Phi) is 3.50. The number of nitrogens with zero attached hydrogens (tertiary/aromatic N) is 4. The van der Waals surface area contributed by atoms with E-state index in [1.165, 1.54) is 18.5 Å². The second kappa shape index (κ2) is 5.59. The molecule has 0 saturated carbocycles. The van der Waals surface area contributed by atoms with Gasteiger partial charge in [0.2, 0.25) is 5.65 Å². The van der Waals surface area contributed by atoms with E-state index in [1.54, 1.807) is 10.5 Å². The number of nitrogens with one attached hydrogen (secondary N) is 1. The van der Waals surface area contributed by atoms with E-state index < -0.39 is 11.7 Å². The van der Waals surface area contributed by atoms with E-state index in [0.717, 1.165) is 11.6 Å². The van der Waals surface area contributed by atoms with Crippen molar-refractivity contribution in [3.05, 3.63) is 59.4 Å². The highest BCUT2D eigenvalue weighted by molar-refractivity contribution is 6.31. The molecule has 0 amide bonds. The number of anilines is 2. The molecule has 0 atom stereocenters. The maximum Gasteiger partial charge on any atom is 0.417 e. The number of benzene rings is 2. The average molecular weight is 364 g/mol. The summed E-state index contributed by atoms with van der Waals surface area (Å²) in [5.74, 6) is 0.298. The van der Waals surface area contributed by atoms with Crippen LogP contribution in [0.1, 0.15) is 5.56 Å². The minimum atomic E-state index is -4.55. The van der Waals surface area contributed by atoms with Crippen LogP contribution in [0.15, 0.2) is 48.8 Å². The number of rotatable bonds is 2. The van der Waals surface area contributed by atoms with Crippen LogP contribution in [-0.2, 0) is 6.18 Å². The minimum Gasteiger partial charge on any atom is -0.337 e. The maximum absolute atomic E-state index is 13.0. The molecular weight excluding hydrogens is 355 g/mol. The first-order chi connectivity index (χ1) is 11.9. The van der Waals surface area contributed by atoms with Gasteiger partial charge in [-0.3, -0.25) is 4.40 Å². The molecule has 0 aliphatic rings. The van der Waals surface area contributed by atoms with Crippen molar-refractivity contribution in [3.63, 3.8) is 0 Å². The molecular formula is C16H9ClF3N5. The highest BCUT2D eigenvalue weighted by Crippen LogP contribution is 2.37. The Bertz CT molecular complexity index is 1090. The molecule has 2 aromatic heterocycles. The van der Waals surface area contributed by atoms with E-state index in [1.807, 2.05) is 18.2 Å². The van der Waals surface area contributed by atoms with Crippen LogP contribution in [0.3, 0.4) is 0 Å². The summed E-state index contributed by atoms with van der Waals surface area (Å²) in [6, 6.07) is 10.9. The molecule has 0 bridgehead atoms. The van der Waals surface area contributed by atoms with Crippen molar-refractivity contribution >= 4 is 39.8 Å². The Hall–Kier alpha value is -2.87. The van der Waals surface area contributed by atoms with Crippen molar-refractivity contribution in [1.82, 2.24) is 19.6 Å². The van der Waals surface area contributed by atoms with Gasteiger partial charge in [-0.15, -0.1) is 10.2 Å². The zero-order valence-electron chi connectivity index (χ0n) is 12.4. The van der Waals surface area contributed by atoms with Gasteiger partial charge < -0.3 is 5.32 Å². The Morgan fingerprint density at radius 3 is 2.68 bits per heavy atom. The first kappa shape index (κ1) is 15.6. The summed E-state index contributed by atoms with van der Waals surface area (Å²) in [6.45, 7) is 0. The molecule has 9 heteroatoms. The molecule has 0 spiro atoms. The summed E-state index contributed by atoms with van der Waals surface area (Å²) in [4.78, 5) is 4.44. The molecule has 0 radical (unpaired) electrons. The fraction of sp³-hybridized carbons (Fsp3) is 0.0625. The summed E-state index contributed by atoms with van der Waals surface area (Å²) in [7, 11) is 0. The van der Waals surface area contributed by atoms with Gasteiger partial charge in [0, 0.05) is 5.69 Å². The lowest BCUT2D eigenvalue weighted by Crippen LogP contribution is -2.07. The van der Waals surface area contributed by atoms with Crippen molar-refractivity contribution in [3.8, 4) is 0 Å². The van der Waals surface area contributed by atoms with Gasteiger partial charge in [0.25, 0.3) is 0 Å². The third-order valence-electron chi connectivity index (χ3n) is 3.67. The van der Waals surface area contributed by atoms with Crippen LogP contribution in [0, 0.1) is 0 Å². The molecule has 4 aromatic rings. The number of hydrogen-bond acceptors (Lipinski definition) is 4. The molecule has 1 N–H and O–H groups in total.